The van der Waals surface area contributed by atoms with Gasteiger partial charge in [0.25, 0.3) is 0 Å². The third kappa shape index (κ3) is 2.67. The molecule has 0 unspecified atom stereocenters. The molecule has 1 heterocycles. The fourth-order valence-corrected chi connectivity index (χ4v) is 2.81. The summed E-state index contributed by atoms with van der Waals surface area (Å²) in [6, 6.07) is 4.92. The Morgan fingerprint density at radius 2 is 2.00 bits per heavy atom. The van der Waals surface area contributed by atoms with E-state index in [9.17, 15) is 18.0 Å². The molecule has 0 aliphatic carbocycles. The number of rotatable bonds is 3. The number of aromatic nitrogens is 1. The zero-order valence-electron chi connectivity index (χ0n) is 10.4. The lowest BCUT2D eigenvalue weighted by Crippen LogP contribution is -2.08. The molecule has 0 amide bonds. The van der Waals surface area contributed by atoms with Gasteiger partial charge in [0, 0.05) is 5.56 Å². The van der Waals surface area contributed by atoms with E-state index >= 15 is 0 Å². The number of thiazole rings is 1. The molecule has 0 bridgehead atoms. The average molecular weight is 301 g/mol. The molecule has 1 aromatic heterocycles. The average Bonchev–Trinajstić information content (AvgIpc) is 2.82. The fraction of sp³-hybridized carbons (Fsp3) is 0.231. The molecule has 0 aliphatic rings. The molecule has 0 atom stereocenters. The molecule has 0 aliphatic heterocycles. The highest BCUT2D eigenvalue weighted by Crippen LogP contribution is 2.40. The summed E-state index contributed by atoms with van der Waals surface area (Å²) < 4.78 is 39.0. The zero-order valence-corrected chi connectivity index (χ0v) is 11.2. The minimum absolute atomic E-state index is 0.0438. The van der Waals surface area contributed by atoms with Crippen molar-refractivity contribution in [2.45, 2.75) is 19.5 Å². The molecule has 3 nitrogen and oxygen atoms in total. The van der Waals surface area contributed by atoms with Crippen LogP contribution >= 0.6 is 11.3 Å². The minimum atomic E-state index is -4.54. The molecule has 0 fully saturated rings. The second-order valence-corrected chi connectivity index (χ2v) is 5.07. The minimum Gasteiger partial charge on any atom is -0.476 e. The van der Waals surface area contributed by atoms with Crippen LogP contribution in [0.1, 0.15) is 28.0 Å². The maximum absolute atomic E-state index is 13.0. The van der Waals surface area contributed by atoms with Gasteiger partial charge in [-0.1, -0.05) is 25.1 Å². The number of hydrogen-bond acceptors (Lipinski definition) is 3. The Bertz CT molecular complexity index is 649. The van der Waals surface area contributed by atoms with Crippen LogP contribution in [-0.2, 0) is 12.6 Å². The van der Waals surface area contributed by atoms with E-state index in [0.717, 1.165) is 17.4 Å². The van der Waals surface area contributed by atoms with E-state index in [2.05, 4.69) is 4.98 Å². The van der Waals surface area contributed by atoms with Crippen molar-refractivity contribution >= 4 is 17.3 Å². The summed E-state index contributed by atoms with van der Waals surface area (Å²) in [7, 11) is 0. The Kier molecular flexibility index (Phi) is 3.80. The molecule has 1 N–H and O–H groups in total. The second-order valence-electron chi connectivity index (χ2n) is 3.99. The number of nitrogens with zero attached hydrogens (tertiary/aromatic N) is 1. The lowest BCUT2D eigenvalue weighted by atomic mass is 10.0. The van der Waals surface area contributed by atoms with Crippen LogP contribution < -0.4 is 0 Å². The maximum atomic E-state index is 13.0. The molecular weight excluding hydrogens is 291 g/mol. The van der Waals surface area contributed by atoms with Crippen LogP contribution in [-0.4, -0.2) is 16.1 Å². The Morgan fingerprint density at radius 1 is 1.35 bits per heavy atom. The molecule has 7 heteroatoms. The van der Waals surface area contributed by atoms with Gasteiger partial charge in [-0.05, 0) is 12.5 Å². The number of halogens is 3. The molecule has 2 rings (SSSR count). The number of carboxylic acid groups (broad SMARTS) is 1. The Labute approximate surface area is 116 Å². The van der Waals surface area contributed by atoms with E-state index in [1.165, 1.54) is 18.2 Å². The van der Waals surface area contributed by atoms with Crippen LogP contribution in [0.4, 0.5) is 13.2 Å². The first kappa shape index (κ1) is 14.5. The number of carboxylic acids is 1. The van der Waals surface area contributed by atoms with E-state index in [-0.39, 0.29) is 16.1 Å². The normalized spacial score (nSPS) is 11.6. The third-order valence-corrected chi connectivity index (χ3v) is 3.89. The molecule has 0 spiro atoms. The number of alkyl halides is 3. The van der Waals surface area contributed by atoms with Crippen LogP contribution in [0.5, 0.6) is 0 Å². The molecule has 1 aromatic carbocycles. The Morgan fingerprint density at radius 3 is 2.55 bits per heavy atom. The summed E-state index contributed by atoms with van der Waals surface area (Å²) in [6.07, 6.45) is -4.07. The van der Waals surface area contributed by atoms with Gasteiger partial charge in [0.1, 0.15) is 0 Å². The Hall–Kier alpha value is -1.89. The van der Waals surface area contributed by atoms with E-state index in [0.29, 0.717) is 11.4 Å². The lowest BCUT2D eigenvalue weighted by molar-refractivity contribution is -0.137. The summed E-state index contributed by atoms with van der Waals surface area (Å²) in [4.78, 5) is 15.1. The first-order chi connectivity index (χ1) is 9.34. The van der Waals surface area contributed by atoms with Crippen molar-refractivity contribution < 1.29 is 23.1 Å². The van der Waals surface area contributed by atoms with Crippen LogP contribution in [0, 0.1) is 0 Å². The van der Waals surface area contributed by atoms with Gasteiger partial charge in [-0.25, -0.2) is 9.78 Å². The summed E-state index contributed by atoms with van der Waals surface area (Å²) >= 11 is 0.979. The van der Waals surface area contributed by atoms with Crippen molar-refractivity contribution in [3.05, 3.63) is 40.5 Å². The van der Waals surface area contributed by atoms with Gasteiger partial charge < -0.3 is 5.11 Å². The van der Waals surface area contributed by atoms with Gasteiger partial charge in [0.2, 0.25) is 0 Å². The van der Waals surface area contributed by atoms with Gasteiger partial charge in [-0.3, -0.25) is 0 Å². The molecule has 0 saturated heterocycles. The highest BCUT2D eigenvalue weighted by molar-refractivity contribution is 7.15. The van der Waals surface area contributed by atoms with Gasteiger partial charge in [-0.2, -0.15) is 13.2 Å². The largest absolute Gasteiger partial charge is 0.476 e. The molecule has 0 saturated carbocycles. The van der Waals surface area contributed by atoms with Gasteiger partial charge in [-0.15, -0.1) is 11.3 Å². The predicted octanol–water partition coefficient (Wildman–Crippen LogP) is 4.09. The number of hydrogen-bond donors (Lipinski definition) is 1. The number of carbonyl (C=O) groups is 1. The van der Waals surface area contributed by atoms with E-state index in [1.807, 2.05) is 0 Å². The van der Waals surface area contributed by atoms with Crippen molar-refractivity contribution in [2.75, 3.05) is 0 Å². The first-order valence-corrected chi connectivity index (χ1v) is 6.55. The number of aromatic carboxylic acids is 1. The van der Waals surface area contributed by atoms with Crippen LogP contribution in [0.3, 0.4) is 0 Å². The number of benzene rings is 1. The molecule has 20 heavy (non-hydrogen) atoms. The summed E-state index contributed by atoms with van der Waals surface area (Å²) in [5, 5.41) is 9.59. The Balaban J connectivity index is 2.69. The zero-order chi connectivity index (χ0) is 14.9. The summed E-state index contributed by atoms with van der Waals surface area (Å²) in [5.41, 5.74) is -1.33. The third-order valence-electron chi connectivity index (χ3n) is 2.65. The quantitative estimate of drug-likeness (QED) is 0.929. The van der Waals surface area contributed by atoms with Crippen LogP contribution in [0.15, 0.2) is 24.3 Å². The summed E-state index contributed by atoms with van der Waals surface area (Å²) in [5.74, 6) is -1.33. The lowest BCUT2D eigenvalue weighted by Gasteiger charge is -2.11. The molecule has 0 radical (unpaired) electrons. The predicted molar refractivity (Wildman–Crippen MR) is 68.9 cm³/mol. The van der Waals surface area contributed by atoms with Gasteiger partial charge in [0.15, 0.2) is 5.69 Å². The standard InChI is InChI=1S/C13H10F3NO2S/c1-2-9-17-10(12(18)19)11(20-9)7-5-3-4-6-8(7)13(14,15)16/h3-6H,2H2,1H3,(H,18,19). The number of aryl methyl sites for hydroxylation is 1. The fourth-order valence-electron chi connectivity index (χ4n) is 1.77. The highest BCUT2D eigenvalue weighted by Gasteiger charge is 2.35. The van der Waals surface area contributed by atoms with Crippen LogP contribution in [0.2, 0.25) is 0 Å². The topological polar surface area (TPSA) is 50.2 Å². The highest BCUT2D eigenvalue weighted by atomic mass is 32.1. The van der Waals surface area contributed by atoms with Gasteiger partial charge in [0.05, 0.1) is 15.4 Å². The van der Waals surface area contributed by atoms with Crippen molar-refractivity contribution in [2.24, 2.45) is 0 Å². The van der Waals surface area contributed by atoms with Gasteiger partial charge >= 0.3 is 12.1 Å². The van der Waals surface area contributed by atoms with E-state index < -0.39 is 17.7 Å². The van der Waals surface area contributed by atoms with Crippen molar-refractivity contribution in [3.8, 4) is 10.4 Å². The van der Waals surface area contributed by atoms with E-state index in [1.54, 1.807) is 6.92 Å². The SMILES string of the molecule is CCc1nc(C(=O)O)c(-c2ccccc2C(F)(F)F)s1. The summed E-state index contributed by atoms with van der Waals surface area (Å²) in [6.45, 7) is 1.77. The molecule has 106 valence electrons. The second kappa shape index (κ2) is 5.24. The van der Waals surface area contributed by atoms with Crippen molar-refractivity contribution in [1.82, 2.24) is 4.98 Å². The molecule has 2 aromatic rings. The monoisotopic (exact) mass is 301 g/mol. The maximum Gasteiger partial charge on any atom is 0.417 e. The van der Waals surface area contributed by atoms with E-state index in [4.69, 9.17) is 5.11 Å². The van der Waals surface area contributed by atoms with Crippen LogP contribution in [0.25, 0.3) is 10.4 Å². The first-order valence-electron chi connectivity index (χ1n) is 5.74. The van der Waals surface area contributed by atoms with Crippen molar-refractivity contribution in [3.63, 3.8) is 0 Å². The van der Waals surface area contributed by atoms with Crippen molar-refractivity contribution in [1.29, 1.82) is 0 Å². The molecular formula is C13H10F3NO2S. The smallest absolute Gasteiger partial charge is 0.417 e.